The van der Waals surface area contributed by atoms with Crippen molar-refractivity contribution in [2.45, 2.75) is 90.2 Å². The van der Waals surface area contributed by atoms with E-state index >= 15 is 0 Å². The molecule has 4 aliphatic carbocycles. The molecule has 4 rings (SSSR count). The molecule has 0 aromatic carbocycles. The minimum Gasteiger partial charge on any atom is -0.458 e. The predicted molar refractivity (Wildman–Crippen MR) is 138 cm³/mol. The highest BCUT2D eigenvalue weighted by Gasteiger charge is 2.70. The van der Waals surface area contributed by atoms with Gasteiger partial charge in [-0.15, -0.1) is 11.6 Å². The Labute approximate surface area is 224 Å². The Kier molecular flexibility index (Phi) is 7.54. The Hall–Kier alpha value is -1.99. The number of fused-ring (bicyclic) bond motifs is 5. The first-order valence-electron chi connectivity index (χ1n) is 13.5. The van der Waals surface area contributed by atoms with Crippen molar-refractivity contribution >= 4 is 35.1 Å². The molecule has 1 N–H and O–H groups in total. The quantitative estimate of drug-likeness (QED) is 0.382. The number of hydrogen-bond acceptors (Lipinski definition) is 7. The van der Waals surface area contributed by atoms with Crippen LogP contribution in [0.1, 0.15) is 73.1 Å². The molecule has 204 valence electrons. The summed E-state index contributed by atoms with van der Waals surface area (Å²) < 4.78 is 10.9. The van der Waals surface area contributed by atoms with E-state index in [-0.39, 0.29) is 42.3 Å². The molecule has 8 heteroatoms. The first-order chi connectivity index (χ1) is 17.3. The van der Waals surface area contributed by atoms with E-state index in [1.54, 1.807) is 26.0 Å². The Morgan fingerprint density at radius 1 is 1.16 bits per heavy atom. The van der Waals surface area contributed by atoms with Crippen LogP contribution in [0.25, 0.3) is 0 Å². The van der Waals surface area contributed by atoms with Gasteiger partial charge in [0.05, 0.1) is 11.0 Å². The molecule has 2 unspecified atom stereocenters. The van der Waals surface area contributed by atoms with Crippen molar-refractivity contribution in [3.63, 3.8) is 0 Å². The molecule has 0 heterocycles. The normalized spacial score (nSPS) is 41.1. The van der Waals surface area contributed by atoms with E-state index in [4.69, 9.17) is 21.1 Å². The Morgan fingerprint density at radius 3 is 2.49 bits per heavy atom. The van der Waals surface area contributed by atoms with Gasteiger partial charge in [-0.1, -0.05) is 46.3 Å². The molecule has 7 nitrogen and oxygen atoms in total. The van der Waals surface area contributed by atoms with E-state index < -0.39 is 52.2 Å². The van der Waals surface area contributed by atoms with Crippen molar-refractivity contribution in [2.75, 3.05) is 6.61 Å². The van der Waals surface area contributed by atoms with Crippen molar-refractivity contribution in [3.8, 4) is 0 Å². The molecule has 9 atom stereocenters. The maximum atomic E-state index is 13.4. The monoisotopic (exact) mass is 534 g/mol. The van der Waals surface area contributed by atoms with Crippen molar-refractivity contribution in [1.82, 2.24) is 0 Å². The number of halogens is 1. The lowest BCUT2D eigenvalue weighted by Gasteiger charge is -2.63. The Morgan fingerprint density at radius 2 is 1.84 bits per heavy atom. The fraction of sp³-hybridized carbons (Fsp3) is 0.724. The SMILES string of the molecule is CCC(=O)OCC(=O)C(OC(=O)CC)C1[C@@H](C)C[C@H]2[C@@H]3CCC4=CC(=O)C=C[C@]4(C)[C@@]3(Cl)[C@@H](O)C[C@]12C. The first-order valence-corrected chi connectivity index (χ1v) is 13.9. The summed E-state index contributed by atoms with van der Waals surface area (Å²) in [7, 11) is 0. The number of hydrogen-bond donors (Lipinski definition) is 1. The van der Waals surface area contributed by atoms with Crippen LogP contribution >= 0.6 is 11.6 Å². The van der Waals surface area contributed by atoms with Crippen LogP contribution in [-0.4, -0.2) is 52.3 Å². The fourth-order valence-corrected chi connectivity index (χ4v) is 8.68. The third-order valence-electron chi connectivity index (χ3n) is 9.93. The number of Topliss-reactive ketones (excluding diaryl/α,β-unsaturated/α-hetero) is 1. The maximum Gasteiger partial charge on any atom is 0.306 e. The molecule has 0 spiro atoms. The van der Waals surface area contributed by atoms with Crippen LogP contribution in [0.15, 0.2) is 23.8 Å². The Balaban J connectivity index is 1.71. The maximum absolute atomic E-state index is 13.4. The molecule has 0 aromatic heterocycles. The van der Waals surface area contributed by atoms with Gasteiger partial charge in [0.1, 0.15) is 0 Å². The van der Waals surface area contributed by atoms with Gasteiger partial charge in [-0.05, 0) is 61.0 Å². The second kappa shape index (κ2) is 9.96. The number of rotatable bonds is 7. The number of carbonyl (C=O) groups is 4. The zero-order chi connectivity index (χ0) is 27.3. The number of esters is 2. The standard InChI is InChI=1S/C29H39ClO7/c1-6-23(34)36-15-21(32)26(37-24(35)7-2)25-16(3)12-20-19-9-8-17-13-18(31)10-11-28(17,5)29(19,30)22(33)14-27(20,25)4/h10-11,13,16,19-20,22,25-26,33H,6-9,12,14-15H2,1-5H3/t16-,19-,20-,22-,25?,26?,27-,28-,29-/m0/s1. The molecular formula is C29H39ClO7. The van der Waals surface area contributed by atoms with Crippen molar-refractivity contribution in [1.29, 1.82) is 0 Å². The van der Waals surface area contributed by atoms with E-state index in [1.165, 1.54) is 0 Å². The van der Waals surface area contributed by atoms with Gasteiger partial charge < -0.3 is 14.6 Å². The number of ether oxygens (including phenoxy) is 2. The first kappa shape index (κ1) is 28.0. The van der Waals surface area contributed by atoms with Crippen LogP contribution < -0.4 is 0 Å². The average Bonchev–Trinajstić information content (AvgIpc) is 3.11. The Bertz CT molecular complexity index is 1050. The van der Waals surface area contributed by atoms with Crippen LogP contribution in [0.5, 0.6) is 0 Å². The van der Waals surface area contributed by atoms with E-state index in [0.29, 0.717) is 12.8 Å². The molecule has 3 saturated carbocycles. The topological polar surface area (TPSA) is 107 Å². The summed E-state index contributed by atoms with van der Waals surface area (Å²) in [5.41, 5.74) is -0.234. The smallest absolute Gasteiger partial charge is 0.306 e. The van der Waals surface area contributed by atoms with Gasteiger partial charge in [0, 0.05) is 24.2 Å². The molecule has 37 heavy (non-hydrogen) atoms. The summed E-state index contributed by atoms with van der Waals surface area (Å²) >= 11 is 7.50. The third kappa shape index (κ3) is 4.30. The lowest BCUT2D eigenvalue weighted by molar-refractivity contribution is -0.170. The van der Waals surface area contributed by atoms with Gasteiger partial charge >= 0.3 is 11.9 Å². The number of allylic oxidation sites excluding steroid dienone is 4. The predicted octanol–water partition coefficient (Wildman–Crippen LogP) is 4.33. The minimum atomic E-state index is -1.07. The lowest BCUT2D eigenvalue weighted by atomic mass is 9.46. The zero-order valence-electron chi connectivity index (χ0n) is 22.4. The molecule has 0 saturated heterocycles. The second-order valence-electron chi connectivity index (χ2n) is 11.8. The van der Waals surface area contributed by atoms with Gasteiger partial charge in [0.15, 0.2) is 18.5 Å². The summed E-state index contributed by atoms with van der Waals surface area (Å²) in [5, 5.41) is 11.8. The van der Waals surface area contributed by atoms with Gasteiger partial charge in [0.25, 0.3) is 0 Å². The summed E-state index contributed by atoms with van der Waals surface area (Å²) in [4.78, 5) is 48.7. The number of carbonyl (C=O) groups excluding carboxylic acids is 4. The van der Waals surface area contributed by atoms with E-state index in [1.807, 2.05) is 13.0 Å². The summed E-state index contributed by atoms with van der Waals surface area (Å²) in [6.45, 7) is 9.03. The van der Waals surface area contributed by atoms with Crippen LogP contribution in [0.4, 0.5) is 0 Å². The minimum absolute atomic E-state index is 0.00919. The highest BCUT2D eigenvalue weighted by atomic mass is 35.5. The van der Waals surface area contributed by atoms with E-state index in [2.05, 4.69) is 13.8 Å². The van der Waals surface area contributed by atoms with Crippen LogP contribution in [-0.2, 0) is 28.7 Å². The molecular weight excluding hydrogens is 496 g/mol. The van der Waals surface area contributed by atoms with Crippen molar-refractivity contribution < 1.29 is 33.8 Å². The summed E-state index contributed by atoms with van der Waals surface area (Å²) in [6.07, 6.45) is 5.91. The number of aliphatic hydroxyl groups is 1. The van der Waals surface area contributed by atoms with Gasteiger partial charge in [0.2, 0.25) is 5.78 Å². The largest absolute Gasteiger partial charge is 0.458 e. The summed E-state index contributed by atoms with van der Waals surface area (Å²) in [5.74, 6) is -1.81. The number of ketones is 2. The van der Waals surface area contributed by atoms with Gasteiger partial charge in [-0.2, -0.15) is 0 Å². The molecule has 0 amide bonds. The van der Waals surface area contributed by atoms with Crippen LogP contribution in [0, 0.1) is 34.5 Å². The lowest BCUT2D eigenvalue weighted by Crippen LogP contribution is -2.66. The fourth-order valence-electron chi connectivity index (χ4n) is 8.16. The van der Waals surface area contributed by atoms with Crippen LogP contribution in [0.2, 0.25) is 0 Å². The van der Waals surface area contributed by atoms with Crippen molar-refractivity contribution in [2.24, 2.45) is 34.5 Å². The summed E-state index contributed by atoms with van der Waals surface area (Å²) in [6, 6.07) is 0. The third-order valence-corrected chi connectivity index (χ3v) is 10.9. The van der Waals surface area contributed by atoms with E-state index in [9.17, 15) is 24.3 Å². The molecule has 0 radical (unpaired) electrons. The average molecular weight is 535 g/mol. The van der Waals surface area contributed by atoms with Gasteiger partial charge in [-0.25, -0.2) is 0 Å². The van der Waals surface area contributed by atoms with Gasteiger partial charge in [-0.3, -0.25) is 19.2 Å². The molecule has 0 aliphatic heterocycles. The highest BCUT2D eigenvalue weighted by Crippen LogP contribution is 2.71. The molecule has 4 aliphatic rings. The molecule has 0 bridgehead atoms. The number of aliphatic hydroxyl groups excluding tert-OH is 1. The molecule has 3 fully saturated rings. The second-order valence-corrected chi connectivity index (χ2v) is 12.5. The molecule has 0 aromatic rings. The zero-order valence-corrected chi connectivity index (χ0v) is 23.2. The van der Waals surface area contributed by atoms with E-state index in [0.717, 1.165) is 18.4 Å². The highest BCUT2D eigenvalue weighted by molar-refractivity contribution is 6.26. The van der Waals surface area contributed by atoms with Crippen LogP contribution in [0.3, 0.4) is 0 Å². The van der Waals surface area contributed by atoms with Crippen molar-refractivity contribution in [3.05, 3.63) is 23.8 Å². The number of alkyl halides is 1.